The van der Waals surface area contributed by atoms with E-state index in [1.165, 1.54) is 0 Å². The fourth-order valence-corrected chi connectivity index (χ4v) is 3.00. The summed E-state index contributed by atoms with van der Waals surface area (Å²) >= 11 is 0. The van der Waals surface area contributed by atoms with Crippen molar-refractivity contribution in [2.24, 2.45) is 4.99 Å². The summed E-state index contributed by atoms with van der Waals surface area (Å²) in [4.78, 5) is 18.5. The first kappa shape index (κ1) is 22.8. The second-order valence-corrected chi connectivity index (χ2v) is 7.96. The van der Waals surface area contributed by atoms with Crippen LogP contribution in [-0.4, -0.2) is 69.1 Å². The van der Waals surface area contributed by atoms with Crippen LogP contribution in [0.5, 0.6) is 5.75 Å². The topological polar surface area (TPSA) is 84.4 Å². The van der Waals surface area contributed by atoms with Crippen LogP contribution in [0.15, 0.2) is 29.3 Å². The van der Waals surface area contributed by atoms with E-state index < -0.39 is 5.60 Å². The number of methoxy groups -OCH3 is 1. The number of hydrogen-bond donors (Lipinski definition) is 2. The van der Waals surface area contributed by atoms with Gasteiger partial charge < -0.3 is 29.7 Å². The molecule has 0 saturated carbocycles. The quantitative estimate of drug-likeness (QED) is 0.411. The number of carbonyl (C=O) groups excluding carboxylic acids is 1. The first-order chi connectivity index (χ1) is 13.8. The van der Waals surface area contributed by atoms with Crippen molar-refractivity contribution in [2.45, 2.75) is 45.4 Å². The molecule has 1 aliphatic rings. The van der Waals surface area contributed by atoms with Crippen molar-refractivity contribution in [3.8, 4) is 5.75 Å². The van der Waals surface area contributed by atoms with E-state index in [2.05, 4.69) is 20.5 Å². The average molecular weight is 407 g/mol. The van der Waals surface area contributed by atoms with Crippen LogP contribution in [0, 0.1) is 0 Å². The van der Waals surface area contributed by atoms with E-state index in [4.69, 9.17) is 14.2 Å². The fourth-order valence-electron chi connectivity index (χ4n) is 3.00. The van der Waals surface area contributed by atoms with Crippen LogP contribution >= 0.6 is 0 Å². The van der Waals surface area contributed by atoms with Crippen LogP contribution < -0.4 is 15.4 Å². The Balaban J connectivity index is 1.78. The van der Waals surface area contributed by atoms with Crippen molar-refractivity contribution in [3.63, 3.8) is 0 Å². The number of benzene rings is 1. The SMILES string of the molecule is CN=C(NCc1ccc(OCCOC)cc1)N1CCC(NC(=O)OC(C)(C)C)C1. The second kappa shape index (κ2) is 10.9. The van der Waals surface area contributed by atoms with Crippen molar-refractivity contribution in [3.05, 3.63) is 29.8 Å². The highest BCUT2D eigenvalue weighted by atomic mass is 16.6. The highest BCUT2D eigenvalue weighted by molar-refractivity contribution is 5.80. The number of amides is 1. The van der Waals surface area contributed by atoms with E-state index in [-0.39, 0.29) is 12.1 Å². The van der Waals surface area contributed by atoms with E-state index in [1.807, 2.05) is 45.0 Å². The summed E-state index contributed by atoms with van der Waals surface area (Å²) in [6.45, 7) is 8.86. The zero-order valence-electron chi connectivity index (χ0n) is 18.2. The molecule has 0 radical (unpaired) electrons. The van der Waals surface area contributed by atoms with Crippen molar-refractivity contribution in [1.29, 1.82) is 0 Å². The molecule has 1 aliphatic heterocycles. The Labute approximate surface area is 173 Å². The Morgan fingerprint density at radius 1 is 1.24 bits per heavy atom. The lowest BCUT2D eigenvalue weighted by Gasteiger charge is -2.23. The fraction of sp³-hybridized carbons (Fsp3) is 0.619. The molecule has 162 valence electrons. The van der Waals surface area contributed by atoms with Gasteiger partial charge in [0.1, 0.15) is 18.0 Å². The summed E-state index contributed by atoms with van der Waals surface area (Å²) in [6.07, 6.45) is 0.480. The maximum Gasteiger partial charge on any atom is 0.407 e. The summed E-state index contributed by atoms with van der Waals surface area (Å²) < 4.78 is 15.9. The van der Waals surface area contributed by atoms with Crippen LogP contribution in [0.2, 0.25) is 0 Å². The van der Waals surface area contributed by atoms with Gasteiger partial charge in [0.05, 0.1) is 12.6 Å². The molecule has 1 aromatic carbocycles. The summed E-state index contributed by atoms with van der Waals surface area (Å²) in [5, 5.41) is 6.32. The Kier molecular flexibility index (Phi) is 8.57. The maximum atomic E-state index is 12.0. The Bertz CT molecular complexity index is 670. The molecule has 2 N–H and O–H groups in total. The Morgan fingerprint density at radius 2 is 1.97 bits per heavy atom. The Hall–Kier alpha value is -2.48. The highest BCUT2D eigenvalue weighted by Crippen LogP contribution is 2.14. The molecule has 1 amide bonds. The van der Waals surface area contributed by atoms with Gasteiger partial charge in [0.2, 0.25) is 0 Å². The molecule has 2 rings (SSSR count). The van der Waals surface area contributed by atoms with Crippen LogP contribution in [-0.2, 0) is 16.0 Å². The zero-order chi connectivity index (χ0) is 21.3. The number of alkyl carbamates (subject to hydrolysis) is 1. The van der Waals surface area contributed by atoms with Crippen molar-refractivity contribution < 1.29 is 19.0 Å². The predicted octanol–water partition coefficient (Wildman–Crippen LogP) is 2.39. The van der Waals surface area contributed by atoms with E-state index >= 15 is 0 Å². The molecule has 0 bridgehead atoms. The van der Waals surface area contributed by atoms with Gasteiger partial charge >= 0.3 is 6.09 Å². The molecule has 29 heavy (non-hydrogen) atoms. The number of rotatable bonds is 7. The lowest BCUT2D eigenvalue weighted by Crippen LogP contribution is -2.44. The number of nitrogens with one attached hydrogen (secondary N) is 2. The standard InChI is InChI=1S/C21H34N4O4/c1-21(2,3)29-20(26)24-17-10-11-25(15-17)19(22-4)23-14-16-6-8-18(9-7-16)28-13-12-27-5/h6-9,17H,10-15H2,1-5H3,(H,22,23)(H,24,26). The minimum Gasteiger partial charge on any atom is -0.491 e. The van der Waals surface area contributed by atoms with Crippen molar-refractivity contribution >= 4 is 12.1 Å². The van der Waals surface area contributed by atoms with Crippen LogP contribution in [0.25, 0.3) is 0 Å². The molecule has 1 aromatic rings. The highest BCUT2D eigenvalue weighted by Gasteiger charge is 2.27. The number of hydrogen-bond acceptors (Lipinski definition) is 5. The van der Waals surface area contributed by atoms with Gasteiger partial charge in [-0.15, -0.1) is 0 Å². The van der Waals surface area contributed by atoms with Gasteiger partial charge in [-0.05, 0) is 44.9 Å². The third-order valence-electron chi connectivity index (χ3n) is 4.35. The molecule has 1 atom stereocenters. The van der Waals surface area contributed by atoms with Crippen LogP contribution in [0.1, 0.15) is 32.8 Å². The molecule has 0 spiro atoms. The Morgan fingerprint density at radius 3 is 2.59 bits per heavy atom. The van der Waals surface area contributed by atoms with Crippen molar-refractivity contribution in [1.82, 2.24) is 15.5 Å². The van der Waals surface area contributed by atoms with E-state index in [9.17, 15) is 4.79 Å². The van der Waals surface area contributed by atoms with E-state index in [0.717, 1.165) is 30.2 Å². The third-order valence-corrected chi connectivity index (χ3v) is 4.35. The van der Waals surface area contributed by atoms with Crippen LogP contribution in [0.4, 0.5) is 4.79 Å². The number of aliphatic imine (C=N–C) groups is 1. The normalized spacial score (nSPS) is 17.2. The maximum absolute atomic E-state index is 12.0. The number of likely N-dealkylation sites (tertiary alicyclic amines) is 1. The average Bonchev–Trinajstić information content (AvgIpc) is 3.10. The predicted molar refractivity (Wildman–Crippen MR) is 113 cm³/mol. The first-order valence-corrected chi connectivity index (χ1v) is 9.96. The van der Waals surface area contributed by atoms with Crippen molar-refractivity contribution in [2.75, 3.05) is 40.5 Å². The minimum atomic E-state index is -0.496. The molecular weight excluding hydrogens is 372 g/mol. The summed E-state index contributed by atoms with van der Waals surface area (Å²) in [6, 6.07) is 8.00. The van der Waals surface area contributed by atoms with Gasteiger partial charge in [-0.2, -0.15) is 0 Å². The molecule has 1 fully saturated rings. The summed E-state index contributed by atoms with van der Waals surface area (Å²) in [5.74, 6) is 1.64. The number of ether oxygens (including phenoxy) is 3. The lowest BCUT2D eigenvalue weighted by atomic mass is 10.2. The second-order valence-electron chi connectivity index (χ2n) is 7.96. The van der Waals surface area contributed by atoms with Gasteiger partial charge in [-0.25, -0.2) is 4.79 Å². The summed E-state index contributed by atoms with van der Waals surface area (Å²) in [7, 11) is 3.42. The molecule has 1 unspecified atom stereocenters. The zero-order valence-corrected chi connectivity index (χ0v) is 18.2. The number of carbonyl (C=O) groups is 1. The molecule has 1 heterocycles. The molecule has 0 aliphatic carbocycles. The van der Waals surface area contributed by atoms with E-state index in [0.29, 0.717) is 26.3 Å². The van der Waals surface area contributed by atoms with Gasteiger partial charge in [-0.1, -0.05) is 12.1 Å². The minimum absolute atomic E-state index is 0.0481. The lowest BCUT2D eigenvalue weighted by molar-refractivity contribution is 0.0507. The number of guanidine groups is 1. The molecule has 8 nitrogen and oxygen atoms in total. The number of nitrogens with zero attached hydrogens (tertiary/aromatic N) is 2. The monoisotopic (exact) mass is 406 g/mol. The molecular formula is C21H34N4O4. The van der Waals surface area contributed by atoms with E-state index in [1.54, 1.807) is 14.2 Å². The van der Waals surface area contributed by atoms with Crippen LogP contribution in [0.3, 0.4) is 0 Å². The van der Waals surface area contributed by atoms with Gasteiger partial charge in [0.25, 0.3) is 0 Å². The van der Waals surface area contributed by atoms with Gasteiger partial charge in [0, 0.05) is 33.8 Å². The summed E-state index contributed by atoms with van der Waals surface area (Å²) in [5.41, 5.74) is 0.637. The molecule has 8 heteroatoms. The smallest absolute Gasteiger partial charge is 0.407 e. The van der Waals surface area contributed by atoms with Gasteiger partial charge in [0.15, 0.2) is 5.96 Å². The molecule has 1 saturated heterocycles. The molecule has 0 aromatic heterocycles. The third kappa shape index (κ3) is 8.19. The largest absolute Gasteiger partial charge is 0.491 e. The van der Waals surface area contributed by atoms with Gasteiger partial charge in [-0.3, -0.25) is 4.99 Å². The first-order valence-electron chi connectivity index (χ1n) is 9.96.